The van der Waals surface area contributed by atoms with Crippen LogP contribution in [0.5, 0.6) is 5.75 Å². The van der Waals surface area contributed by atoms with Crippen LogP contribution in [0.4, 0.5) is 0 Å². The molecule has 0 unspecified atom stereocenters. The Morgan fingerprint density at radius 1 is 1.35 bits per heavy atom. The van der Waals surface area contributed by atoms with Gasteiger partial charge in [0, 0.05) is 11.5 Å². The predicted molar refractivity (Wildman–Crippen MR) is 69.2 cm³/mol. The van der Waals surface area contributed by atoms with Crippen LogP contribution in [0.1, 0.15) is 10.4 Å². The summed E-state index contributed by atoms with van der Waals surface area (Å²) in [6, 6.07) is 4.98. The average Bonchev–Trinajstić information content (AvgIpc) is 2.37. The maximum atomic E-state index is 11.4. The first kappa shape index (κ1) is 13.8. The number of carboxylic acid groups (broad SMARTS) is 1. The largest absolute Gasteiger partial charge is 0.477 e. The summed E-state index contributed by atoms with van der Waals surface area (Å²) < 4.78 is 31.9. The number of fused-ring (bicyclic) bond motifs is 1. The van der Waals surface area contributed by atoms with Crippen LogP contribution in [-0.2, 0) is 10.1 Å². The standard InChI is InChI=1S/C12H8O7S/c1-2-20(16,17)19-8-4-3-7-5-9(11(13)14)12(15)18-10(7)6-8/h2-6H,1H2,(H,13,14). The first-order valence-electron chi connectivity index (χ1n) is 5.20. The van der Waals surface area contributed by atoms with Crippen LogP contribution in [-0.4, -0.2) is 19.5 Å². The van der Waals surface area contributed by atoms with Gasteiger partial charge in [-0.3, -0.25) is 0 Å². The molecule has 0 saturated carbocycles. The summed E-state index contributed by atoms with van der Waals surface area (Å²) >= 11 is 0. The predicted octanol–water partition coefficient (Wildman–Crippen LogP) is 1.34. The Kier molecular flexibility index (Phi) is 3.33. The highest BCUT2D eigenvalue weighted by Crippen LogP contribution is 2.22. The topological polar surface area (TPSA) is 111 Å². The Labute approximate surface area is 112 Å². The van der Waals surface area contributed by atoms with Gasteiger partial charge in [-0.05, 0) is 18.2 Å². The van der Waals surface area contributed by atoms with Crippen molar-refractivity contribution >= 4 is 27.1 Å². The van der Waals surface area contributed by atoms with Gasteiger partial charge in [-0.2, -0.15) is 8.42 Å². The summed E-state index contributed by atoms with van der Waals surface area (Å²) in [6.07, 6.45) is 0. The van der Waals surface area contributed by atoms with Crippen LogP contribution in [0, 0.1) is 0 Å². The van der Waals surface area contributed by atoms with Crippen molar-refractivity contribution in [1.82, 2.24) is 0 Å². The van der Waals surface area contributed by atoms with E-state index in [1.807, 2.05) is 0 Å². The molecule has 0 atom stereocenters. The van der Waals surface area contributed by atoms with E-state index in [2.05, 4.69) is 10.8 Å². The molecule has 0 amide bonds. The van der Waals surface area contributed by atoms with E-state index < -0.39 is 27.3 Å². The van der Waals surface area contributed by atoms with Crippen molar-refractivity contribution < 1.29 is 26.9 Å². The van der Waals surface area contributed by atoms with Crippen molar-refractivity contribution in [1.29, 1.82) is 0 Å². The summed E-state index contributed by atoms with van der Waals surface area (Å²) in [4.78, 5) is 22.2. The molecule has 1 N–H and O–H groups in total. The number of rotatable bonds is 4. The fraction of sp³-hybridized carbons (Fsp3) is 0. The van der Waals surface area contributed by atoms with Gasteiger partial charge in [0.05, 0.1) is 5.41 Å². The molecule has 7 nitrogen and oxygen atoms in total. The van der Waals surface area contributed by atoms with Gasteiger partial charge in [0.15, 0.2) is 0 Å². The zero-order valence-corrected chi connectivity index (χ0v) is 10.7. The van der Waals surface area contributed by atoms with Gasteiger partial charge in [0.2, 0.25) is 0 Å². The van der Waals surface area contributed by atoms with Gasteiger partial charge in [0.25, 0.3) is 0 Å². The van der Waals surface area contributed by atoms with Crippen LogP contribution in [0.2, 0.25) is 0 Å². The van der Waals surface area contributed by atoms with Gasteiger partial charge in [-0.15, -0.1) is 0 Å². The zero-order chi connectivity index (χ0) is 14.9. The lowest BCUT2D eigenvalue weighted by Gasteiger charge is -2.04. The van der Waals surface area contributed by atoms with Crippen LogP contribution in [0.25, 0.3) is 11.0 Å². The van der Waals surface area contributed by atoms with Crippen LogP contribution >= 0.6 is 0 Å². The molecule has 0 fully saturated rings. The summed E-state index contributed by atoms with van der Waals surface area (Å²) in [7, 11) is -3.92. The molecule has 2 rings (SSSR count). The summed E-state index contributed by atoms with van der Waals surface area (Å²) in [5.74, 6) is -1.49. The number of benzene rings is 1. The molecule has 0 aliphatic heterocycles. The summed E-state index contributed by atoms with van der Waals surface area (Å²) in [6.45, 7) is 3.08. The molecule has 104 valence electrons. The van der Waals surface area contributed by atoms with E-state index in [0.29, 0.717) is 10.8 Å². The Morgan fingerprint density at radius 2 is 2.05 bits per heavy atom. The zero-order valence-electron chi connectivity index (χ0n) is 9.90. The minimum atomic E-state index is -3.92. The van der Waals surface area contributed by atoms with Crippen molar-refractivity contribution in [2.75, 3.05) is 0 Å². The first-order chi connectivity index (χ1) is 9.32. The Balaban J connectivity index is 2.56. The molecule has 1 aromatic carbocycles. The Morgan fingerprint density at radius 3 is 2.65 bits per heavy atom. The third kappa shape index (κ3) is 2.69. The second kappa shape index (κ2) is 4.82. The van der Waals surface area contributed by atoms with Crippen LogP contribution < -0.4 is 9.81 Å². The third-order valence-corrected chi connectivity index (χ3v) is 3.19. The second-order valence-electron chi connectivity index (χ2n) is 3.70. The van der Waals surface area contributed by atoms with Crippen LogP contribution in [0.15, 0.2) is 45.5 Å². The van der Waals surface area contributed by atoms with Gasteiger partial charge < -0.3 is 13.7 Å². The number of hydrogen-bond donors (Lipinski definition) is 1. The van der Waals surface area contributed by atoms with E-state index in [-0.39, 0.29) is 11.3 Å². The molecule has 0 aliphatic carbocycles. The number of carbonyl (C=O) groups is 1. The highest BCUT2D eigenvalue weighted by atomic mass is 32.2. The molecule has 8 heteroatoms. The molecule has 1 heterocycles. The summed E-state index contributed by atoms with van der Waals surface area (Å²) in [5.41, 5.74) is -1.53. The van der Waals surface area contributed by atoms with E-state index >= 15 is 0 Å². The smallest absolute Gasteiger partial charge is 0.351 e. The fourth-order valence-corrected chi connectivity index (χ4v) is 1.90. The SMILES string of the molecule is C=CS(=O)(=O)Oc1ccc2cc(C(=O)O)c(=O)oc2c1. The molecular formula is C12H8O7S. The molecule has 2 aromatic rings. The maximum absolute atomic E-state index is 11.4. The van der Waals surface area contributed by atoms with Crippen molar-refractivity contribution in [3.05, 3.63) is 52.2 Å². The minimum absolute atomic E-state index is 0.0109. The van der Waals surface area contributed by atoms with Gasteiger partial charge in [0.1, 0.15) is 16.9 Å². The normalized spacial score (nSPS) is 11.2. The first-order valence-corrected chi connectivity index (χ1v) is 6.67. The molecule has 0 aliphatic rings. The van der Waals surface area contributed by atoms with Crippen molar-refractivity contribution in [2.45, 2.75) is 0 Å². The van der Waals surface area contributed by atoms with Crippen molar-refractivity contribution in [2.24, 2.45) is 0 Å². The minimum Gasteiger partial charge on any atom is -0.477 e. The second-order valence-corrected chi connectivity index (χ2v) is 5.18. The highest BCUT2D eigenvalue weighted by molar-refractivity contribution is 7.90. The Hall–Kier alpha value is -2.61. The molecular weight excluding hydrogens is 288 g/mol. The van der Waals surface area contributed by atoms with Crippen molar-refractivity contribution in [3.63, 3.8) is 0 Å². The average molecular weight is 296 g/mol. The molecule has 20 heavy (non-hydrogen) atoms. The highest BCUT2D eigenvalue weighted by Gasteiger charge is 2.13. The van der Waals surface area contributed by atoms with E-state index in [0.717, 1.165) is 6.07 Å². The van der Waals surface area contributed by atoms with Gasteiger partial charge in [-0.25, -0.2) is 9.59 Å². The molecule has 0 bridgehead atoms. The van der Waals surface area contributed by atoms with Crippen molar-refractivity contribution in [3.8, 4) is 5.75 Å². The lowest BCUT2D eigenvalue weighted by Crippen LogP contribution is -2.12. The monoisotopic (exact) mass is 296 g/mol. The quantitative estimate of drug-likeness (QED) is 0.669. The third-order valence-electron chi connectivity index (χ3n) is 2.35. The van der Waals surface area contributed by atoms with E-state index in [1.54, 1.807) is 0 Å². The van der Waals surface area contributed by atoms with E-state index in [4.69, 9.17) is 9.52 Å². The molecule has 0 saturated heterocycles. The lowest BCUT2D eigenvalue weighted by atomic mass is 10.2. The Bertz CT molecular complexity index is 861. The van der Waals surface area contributed by atoms with E-state index in [1.165, 1.54) is 18.2 Å². The van der Waals surface area contributed by atoms with Gasteiger partial charge >= 0.3 is 21.7 Å². The number of hydrogen-bond acceptors (Lipinski definition) is 6. The maximum Gasteiger partial charge on any atom is 0.351 e. The number of carboxylic acids is 1. The lowest BCUT2D eigenvalue weighted by molar-refractivity contribution is 0.0692. The summed E-state index contributed by atoms with van der Waals surface area (Å²) in [5, 5.41) is 9.74. The molecule has 0 radical (unpaired) electrons. The molecule has 0 spiro atoms. The fourth-order valence-electron chi connectivity index (χ4n) is 1.46. The number of aromatic carboxylic acids is 1. The van der Waals surface area contributed by atoms with Gasteiger partial charge in [-0.1, -0.05) is 6.58 Å². The molecule has 1 aromatic heterocycles. The van der Waals surface area contributed by atoms with E-state index in [9.17, 15) is 18.0 Å². The van der Waals surface area contributed by atoms with Crippen LogP contribution in [0.3, 0.4) is 0 Å².